The summed E-state index contributed by atoms with van der Waals surface area (Å²) >= 11 is 0. The fourth-order valence-corrected chi connectivity index (χ4v) is 8.62. The Bertz CT molecular complexity index is 1420. The maximum Gasteiger partial charge on any atom is 0.306 e. The van der Waals surface area contributed by atoms with E-state index in [0.29, 0.717) is 13.0 Å². The van der Waals surface area contributed by atoms with Crippen molar-refractivity contribution in [3.8, 4) is 0 Å². The minimum atomic E-state index is -1.71. The van der Waals surface area contributed by atoms with E-state index >= 15 is 0 Å². The van der Waals surface area contributed by atoms with E-state index in [1.54, 1.807) is 0 Å². The number of rotatable bonds is 45. The summed E-state index contributed by atoms with van der Waals surface area (Å²) in [6.45, 7) is 3.62. The van der Waals surface area contributed by atoms with Gasteiger partial charge in [-0.3, -0.25) is 4.79 Å². The molecule has 2 fully saturated rings. The van der Waals surface area contributed by atoms with E-state index < -0.39 is 86.7 Å². The predicted octanol–water partition coefficient (Wildman–Crippen LogP) is 9.69. The van der Waals surface area contributed by atoms with Gasteiger partial charge in [0.05, 0.1) is 26.4 Å². The molecule has 14 nitrogen and oxygen atoms in total. The quantitative estimate of drug-likeness (QED) is 0.0172. The maximum absolute atomic E-state index is 13.1. The third-order valence-electron chi connectivity index (χ3n) is 13.2. The molecule has 0 aromatic rings. The van der Waals surface area contributed by atoms with Crippen molar-refractivity contribution in [2.75, 3.05) is 33.0 Å². The van der Waals surface area contributed by atoms with Gasteiger partial charge in [-0.15, -0.1) is 0 Å². The molecular weight excluding hydrogens is 921 g/mol. The molecule has 0 radical (unpaired) electrons. The number of carbonyl (C=O) groups is 1. The van der Waals surface area contributed by atoms with Crippen molar-refractivity contribution in [1.82, 2.24) is 0 Å². The van der Waals surface area contributed by atoms with Gasteiger partial charge in [-0.2, -0.15) is 0 Å². The van der Waals surface area contributed by atoms with Crippen LogP contribution in [0, 0.1) is 0 Å². The molecule has 2 aliphatic rings. The second kappa shape index (κ2) is 44.9. The molecule has 2 heterocycles. The zero-order valence-corrected chi connectivity index (χ0v) is 44.7. The Kier molecular flexibility index (Phi) is 41.1. The average Bonchev–Trinajstić information content (AvgIpc) is 3.38. The van der Waals surface area contributed by atoms with Crippen molar-refractivity contribution in [2.45, 2.75) is 268 Å². The molecule has 11 unspecified atom stereocenters. The van der Waals surface area contributed by atoms with E-state index in [1.165, 1.54) is 89.9 Å². The monoisotopic (exact) mass is 1020 g/mol. The van der Waals surface area contributed by atoms with Crippen LogP contribution in [0.4, 0.5) is 0 Å². The van der Waals surface area contributed by atoms with Gasteiger partial charge < -0.3 is 64.2 Å². The summed E-state index contributed by atoms with van der Waals surface area (Å²) in [6, 6.07) is 0. The summed E-state index contributed by atoms with van der Waals surface area (Å²) in [5.41, 5.74) is 0. The molecule has 72 heavy (non-hydrogen) atoms. The van der Waals surface area contributed by atoms with Gasteiger partial charge in [0.1, 0.15) is 54.9 Å². The van der Waals surface area contributed by atoms with E-state index in [0.717, 1.165) is 83.5 Å². The number of allylic oxidation sites excluding steroid dienone is 10. The molecule has 7 N–H and O–H groups in total. The fraction of sp³-hybridized carbons (Fsp3) is 0.810. The van der Waals surface area contributed by atoms with Gasteiger partial charge in [0, 0.05) is 13.0 Å². The summed E-state index contributed by atoms with van der Waals surface area (Å²) in [6.07, 6.45) is 38.4. The largest absolute Gasteiger partial charge is 0.457 e. The van der Waals surface area contributed by atoms with Gasteiger partial charge >= 0.3 is 5.97 Å². The van der Waals surface area contributed by atoms with Gasteiger partial charge in [-0.1, -0.05) is 171 Å². The van der Waals surface area contributed by atoms with Crippen LogP contribution in [0.1, 0.15) is 200 Å². The summed E-state index contributed by atoms with van der Waals surface area (Å²) in [4.78, 5) is 13.1. The van der Waals surface area contributed by atoms with Crippen molar-refractivity contribution in [3.05, 3.63) is 60.8 Å². The number of hydrogen-bond donors (Lipinski definition) is 7. The molecule has 0 aromatic carbocycles. The first-order chi connectivity index (χ1) is 35.1. The number of ether oxygens (including phenoxy) is 6. The minimum absolute atomic E-state index is 0.0500. The number of aliphatic hydroxyl groups excluding tert-OH is 7. The molecule has 0 aromatic heterocycles. The Morgan fingerprint density at radius 3 is 1.38 bits per heavy atom. The molecule has 14 heteroatoms. The van der Waals surface area contributed by atoms with Crippen LogP contribution in [0.15, 0.2) is 60.8 Å². The number of esters is 1. The molecule has 418 valence electrons. The Hall–Kier alpha value is -2.31. The molecule has 0 amide bonds. The second-order valence-electron chi connectivity index (χ2n) is 19.8. The zero-order valence-electron chi connectivity index (χ0n) is 44.7. The lowest BCUT2D eigenvalue weighted by Crippen LogP contribution is -2.61. The molecule has 0 aliphatic carbocycles. The van der Waals surface area contributed by atoms with Crippen molar-refractivity contribution >= 4 is 5.97 Å². The van der Waals surface area contributed by atoms with E-state index in [-0.39, 0.29) is 19.6 Å². The highest BCUT2D eigenvalue weighted by molar-refractivity contribution is 5.69. The van der Waals surface area contributed by atoms with E-state index in [4.69, 9.17) is 28.4 Å². The Balaban J connectivity index is 1.74. The van der Waals surface area contributed by atoms with Gasteiger partial charge in [-0.05, 0) is 83.5 Å². The molecule has 2 saturated heterocycles. The van der Waals surface area contributed by atoms with Crippen molar-refractivity contribution in [1.29, 1.82) is 0 Å². The lowest BCUT2D eigenvalue weighted by Gasteiger charge is -2.42. The second-order valence-corrected chi connectivity index (χ2v) is 19.8. The SMILES string of the molecule is CCCCC/C=C\C/C=C\C/C=C\CCCCCCCCC(=O)OC(COCCCCCCCCCC/C=C\C/C=C\CCCCCC)COC1OC(COC2OC(CO)C(O)C(O)C2O)C(O)C(O)C1O. The van der Waals surface area contributed by atoms with Crippen LogP contribution in [0.5, 0.6) is 0 Å². The molecular formula is C58H102O14. The Morgan fingerprint density at radius 1 is 0.458 bits per heavy atom. The lowest BCUT2D eigenvalue weighted by atomic mass is 9.98. The predicted molar refractivity (Wildman–Crippen MR) is 284 cm³/mol. The van der Waals surface area contributed by atoms with Crippen LogP contribution in [-0.4, -0.2) is 142 Å². The molecule has 0 spiro atoms. The zero-order chi connectivity index (χ0) is 52.3. The third-order valence-corrected chi connectivity index (χ3v) is 13.2. The number of aliphatic hydroxyl groups is 7. The normalized spacial score (nSPS) is 25.6. The van der Waals surface area contributed by atoms with Crippen molar-refractivity contribution in [3.63, 3.8) is 0 Å². The summed E-state index contributed by atoms with van der Waals surface area (Å²) in [7, 11) is 0. The highest BCUT2D eigenvalue weighted by atomic mass is 16.7. The standard InChI is InChI=1S/C58H102O14/c1-3-5-7-9-11-13-15-17-19-21-23-25-27-29-31-33-35-37-39-41-50(60)70-47(44-67-42-40-38-36-34-32-30-28-26-24-22-20-18-16-14-12-10-8-6-4-2)45-68-57-56(66)54(64)52(62)49(72-57)46-69-58-55(65)53(63)51(61)48(43-59)71-58/h11,13-14,16-17,19-20,22-23,25,47-49,51-59,61-66H,3-10,12,15,18,21,24,26-46H2,1-2H3/b13-11-,16-14-,19-17-,22-20-,25-23-. The van der Waals surface area contributed by atoms with Crippen LogP contribution >= 0.6 is 0 Å². The van der Waals surface area contributed by atoms with Gasteiger partial charge in [0.15, 0.2) is 12.6 Å². The fourth-order valence-electron chi connectivity index (χ4n) is 8.62. The summed E-state index contributed by atoms with van der Waals surface area (Å²) < 4.78 is 34.4. The first kappa shape index (κ1) is 65.8. The van der Waals surface area contributed by atoms with Gasteiger partial charge in [-0.25, -0.2) is 0 Å². The Morgan fingerprint density at radius 2 is 0.861 bits per heavy atom. The van der Waals surface area contributed by atoms with Crippen LogP contribution in [0.3, 0.4) is 0 Å². The van der Waals surface area contributed by atoms with Crippen LogP contribution in [0.2, 0.25) is 0 Å². The van der Waals surface area contributed by atoms with Crippen LogP contribution < -0.4 is 0 Å². The molecule has 2 rings (SSSR count). The van der Waals surface area contributed by atoms with Gasteiger partial charge in [0.2, 0.25) is 0 Å². The minimum Gasteiger partial charge on any atom is -0.457 e. The average molecular weight is 1020 g/mol. The summed E-state index contributed by atoms with van der Waals surface area (Å²) in [5, 5.41) is 72.3. The topological polar surface area (TPSA) is 214 Å². The molecule has 0 bridgehead atoms. The number of carbonyl (C=O) groups excluding carboxylic acids is 1. The van der Waals surface area contributed by atoms with Crippen LogP contribution in [0.25, 0.3) is 0 Å². The summed E-state index contributed by atoms with van der Waals surface area (Å²) in [5.74, 6) is -0.391. The van der Waals surface area contributed by atoms with E-state index in [1.807, 2.05) is 0 Å². The molecule has 11 atom stereocenters. The first-order valence-electron chi connectivity index (χ1n) is 28.4. The highest BCUT2D eigenvalue weighted by Crippen LogP contribution is 2.26. The third kappa shape index (κ3) is 31.5. The maximum atomic E-state index is 13.1. The smallest absolute Gasteiger partial charge is 0.306 e. The first-order valence-corrected chi connectivity index (χ1v) is 28.4. The molecule has 0 saturated carbocycles. The van der Waals surface area contributed by atoms with Crippen LogP contribution in [-0.2, 0) is 33.2 Å². The van der Waals surface area contributed by atoms with Gasteiger partial charge in [0.25, 0.3) is 0 Å². The number of hydrogen-bond acceptors (Lipinski definition) is 14. The van der Waals surface area contributed by atoms with Crippen molar-refractivity contribution in [2.24, 2.45) is 0 Å². The highest BCUT2D eigenvalue weighted by Gasteiger charge is 2.47. The van der Waals surface area contributed by atoms with E-state index in [9.17, 15) is 40.5 Å². The van der Waals surface area contributed by atoms with E-state index in [2.05, 4.69) is 74.6 Å². The number of unbranched alkanes of at least 4 members (excludes halogenated alkanes) is 21. The van der Waals surface area contributed by atoms with Crippen molar-refractivity contribution < 1.29 is 69.0 Å². The Labute approximate surface area is 434 Å². The lowest BCUT2D eigenvalue weighted by molar-refractivity contribution is -0.332. The molecule has 2 aliphatic heterocycles.